The predicted molar refractivity (Wildman–Crippen MR) is 122 cm³/mol. The number of imidazole rings is 1. The van der Waals surface area contributed by atoms with Gasteiger partial charge in [-0.3, -0.25) is 9.36 Å². The largest absolute Gasteiger partial charge is 0.348 e. The normalized spacial score (nSPS) is 21.4. The van der Waals surface area contributed by atoms with Crippen molar-refractivity contribution in [3.63, 3.8) is 0 Å². The Bertz CT molecular complexity index is 1010. The highest BCUT2D eigenvalue weighted by atomic mass is 16.2. The van der Waals surface area contributed by atoms with Crippen LogP contribution in [0.2, 0.25) is 0 Å². The van der Waals surface area contributed by atoms with Gasteiger partial charge >= 0.3 is 0 Å². The minimum absolute atomic E-state index is 0.0446. The minimum atomic E-state index is -0.0446. The average molecular weight is 402 g/mol. The SMILES string of the molecule is Cc1cc(C)cc(-c2ccc(-n3cncc3C(=O)N[C@@H]3CCC[C@@H](C)[C@H]3C)cc2)c1. The first kappa shape index (κ1) is 20.4. The van der Waals surface area contributed by atoms with E-state index in [1.54, 1.807) is 12.5 Å². The van der Waals surface area contributed by atoms with Crippen molar-refractivity contribution in [2.24, 2.45) is 11.8 Å². The van der Waals surface area contributed by atoms with Gasteiger partial charge in [0.2, 0.25) is 0 Å². The number of aryl methyl sites for hydroxylation is 2. The summed E-state index contributed by atoms with van der Waals surface area (Å²) in [5.74, 6) is 1.10. The molecule has 1 aromatic heterocycles. The van der Waals surface area contributed by atoms with Crippen LogP contribution < -0.4 is 5.32 Å². The molecule has 0 bridgehead atoms. The molecule has 4 rings (SSSR count). The van der Waals surface area contributed by atoms with Crippen LogP contribution in [0.25, 0.3) is 16.8 Å². The van der Waals surface area contributed by atoms with Crippen molar-refractivity contribution in [3.05, 3.63) is 71.8 Å². The molecule has 1 N–H and O–H groups in total. The zero-order chi connectivity index (χ0) is 21.3. The molecule has 0 aliphatic heterocycles. The van der Waals surface area contributed by atoms with Gasteiger partial charge in [0.1, 0.15) is 5.69 Å². The molecule has 156 valence electrons. The lowest BCUT2D eigenvalue weighted by molar-refractivity contribution is 0.0884. The van der Waals surface area contributed by atoms with Crippen molar-refractivity contribution in [2.45, 2.75) is 53.0 Å². The summed E-state index contributed by atoms with van der Waals surface area (Å²) in [7, 11) is 0. The first-order valence-electron chi connectivity index (χ1n) is 10.9. The van der Waals surface area contributed by atoms with Gasteiger partial charge in [0.25, 0.3) is 5.91 Å². The predicted octanol–water partition coefficient (Wildman–Crippen LogP) is 5.71. The first-order chi connectivity index (χ1) is 14.4. The van der Waals surface area contributed by atoms with E-state index in [2.05, 4.69) is 80.5 Å². The number of rotatable bonds is 4. The van der Waals surface area contributed by atoms with Crippen molar-refractivity contribution < 1.29 is 4.79 Å². The monoisotopic (exact) mass is 401 g/mol. The Morgan fingerprint density at radius 3 is 2.40 bits per heavy atom. The Hall–Kier alpha value is -2.88. The van der Waals surface area contributed by atoms with E-state index in [1.807, 2.05) is 4.57 Å². The molecule has 1 fully saturated rings. The van der Waals surface area contributed by atoms with Gasteiger partial charge in [-0.05, 0) is 55.4 Å². The molecule has 30 heavy (non-hydrogen) atoms. The Balaban J connectivity index is 1.54. The summed E-state index contributed by atoms with van der Waals surface area (Å²) in [6.07, 6.45) is 6.85. The molecule has 1 saturated carbocycles. The van der Waals surface area contributed by atoms with E-state index in [4.69, 9.17) is 0 Å². The average Bonchev–Trinajstić information content (AvgIpc) is 3.21. The second-order valence-electron chi connectivity index (χ2n) is 8.92. The van der Waals surface area contributed by atoms with E-state index in [0.717, 1.165) is 12.1 Å². The van der Waals surface area contributed by atoms with Crippen molar-refractivity contribution in [1.29, 1.82) is 0 Å². The Morgan fingerprint density at radius 2 is 1.70 bits per heavy atom. The van der Waals surface area contributed by atoms with E-state index in [1.165, 1.54) is 35.1 Å². The maximum Gasteiger partial charge on any atom is 0.270 e. The van der Waals surface area contributed by atoms with Crippen molar-refractivity contribution in [2.75, 3.05) is 0 Å². The number of carbonyl (C=O) groups is 1. The highest BCUT2D eigenvalue weighted by Gasteiger charge is 2.29. The topological polar surface area (TPSA) is 46.9 Å². The van der Waals surface area contributed by atoms with Crippen LogP contribution in [0.5, 0.6) is 0 Å². The molecule has 0 radical (unpaired) electrons. The molecule has 4 heteroatoms. The number of nitrogens with zero attached hydrogens (tertiary/aromatic N) is 2. The molecule has 1 aliphatic rings. The van der Waals surface area contributed by atoms with Crippen LogP contribution in [0, 0.1) is 25.7 Å². The van der Waals surface area contributed by atoms with Gasteiger partial charge in [-0.25, -0.2) is 4.98 Å². The van der Waals surface area contributed by atoms with Crippen LogP contribution in [0.1, 0.15) is 54.7 Å². The van der Waals surface area contributed by atoms with Crippen molar-refractivity contribution in [1.82, 2.24) is 14.9 Å². The number of nitrogens with one attached hydrogen (secondary N) is 1. The second-order valence-corrected chi connectivity index (χ2v) is 8.92. The van der Waals surface area contributed by atoms with Gasteiger partial charge in [-0.2, -0.15) is 0 Å². The van der Waals surface area contributed by atoms with E-state index in [9.17, 15) is 4.79 Å². The molecule has 0 saturated heterocycles. The molecule has 3 atom stereocenters. The number of aromatic nitrogens is 2. The summed E-state index contributed by atoms with van der Waals surface area (Å²) >= 11 is 0. The summed E-state index contributed by atoms with van der Waals surface area (Å²) in [5.41, 5.74) is 6.42. The molecule has 1 aliphatic carbocycles. The molecule has 0 unspecified atom stereocenters. The van der Waals surface area contributed by atoms with E-state index in [0.29, 0.717) is 17.5 Å². The Morgan fingerprint density at radius 1 is 1.00 bits per heavy atom. The molecule has 1 heterocycles. The van der Waals surface area contributed by atoms with Crippen molar-refractivity contribution in [3.8, 4) is 16.8 Å². The zero-order valence-corrected chi connectivity index (χ0v) is 18.4. The fourth-order valence-electron chi connectivity index (χ4n) is 4.65. The molecule has 0 spiro atoms. The molecule has 4 nitrogen and oxygen atoms in total. The molecule has 3 aromatic rings. The second kappa shape index (κ2) is 8.47. The highest BCUT2D eigenvalue weighted by Crippen LogP contribution is 2.30. The van der Waals surface area contributed by atoms with Gasteiger partial charge in [0, 0.05) is 11.7 Å². The van der Waals surface area contributed by atoms with Crippen molar-refractivity contribution >= 4 is 5.91 Å². The fraction of sp³-hybridized carbons (Fsp3) is 0.385. The fourth-order valence-corrected chi connectivity index (χ4v) is 4.65. The first-order valence-corrected chi connectivity index (χ1v) is 10.9. The van der Waals surface area contributed by atoms with Gasteiger partial charge in [-0.1, -0.05) is 68.1 Å². The van der Waals surface area contributed by atoms with Crippen LogP contribution in [0.3, 0.4) is 0 Å². The zero-order valence-electron chi connectivity index (χ0n) is 18.4. The van der Waals surface area contributed by atoms with Gasteiger partial charge in [0.15, 0.2) is 0 Å². The third-order valence-electron chi connectivity index (χ3n) is 6.59. The van der Waals surface area contributed by atoms with Crippen LogP contribution in [-0.4, -0.2) is 21.5 Å². The van der Waals surface area contributed by atoms with Crippen LogP contribution >= 0.6 is 0 Å². The van der Waals surface area contributed by atoms with E-state index in [-0.39, 0.29) is 11.9 Å². The lowest BCUT2D eigenvalue weighted by atomic mass is 9.78. The summed E-state index contributed by atoms with van der Waals surface area (Å²) in [4.78, 5) is 17.3. The van der Waals surface area contributed by atoms with Gasteiger partial charge in [-0.15, -0.1) is 0 Å². The Labute approximate surface area is 179 Å². The quantitative estimate of drug-likeness (QED) is 0.608. The summed E-state index contributed by atoms with van der Waals surface area (Å²) in [6.45, 7) is 8.77. The maximum absolute atomic E-state index is 13.0. The maximum atomic E-state index is 13.0. The van der Waals surface area contributed by atoms with Crippen LogP contribution in [0.15, 0.2) is 55.0 Å². The lowest BCUT2D eigenvalue weighted by Crippen LogP contribution is -2.44. The number of carbonyl (C=O) groups excluding carboxylic acids is 1. The standard InChI is InChI=1S/C26H31N3O/c1-17-12-18(2)14-22(13-17)21-8-10-23(11-9-21)29-16-27-15-25(29)26(30)28-24-7-5-6-19(3)20(24)4/h8-16,19-20,24H,5-7H2,1-4H3,(H,28,30)/t19-,20-,24-/m1/s1. The van der Waals surface area contributed by atoms with E-state index < -0.39 is 0 Å². The van der Waals surface area contributed by atoms with Gasteiger partial charge < -0.3 is 5.32 Å². The third-order valence-corrected chi connectivity index (χ3v) is 6.59. The van der Waals surface area contributed by atoms with Crippen LogP contribution in [-0.2, 0) is 0 Å². The summed E-state index contributed by atoms with van der Waals surface area (Å²) < 4.78 is 1.87. The molecular formula is C26H31N3O. The summed E-state index contributed by atoms with van der Waals surface area (Å²) in [6, 6.07) is 15.1. The Kier molecular flexibility index (Phi) is 5.76. The lowest BCUT2D eigenvalue weighted by Gasteiger charge is -2.34. The number of hydrogen-bond donors (Lipinski definition) is 1. The minimum Gasteiger partial charge on any atom is -0.348 e. The number of amides is 1. The van der Waals surface area contributed by atoms with E-state index >= 15 is 0 Å². The molecular weight excluding hydrogens is 370 g/mol. The highest BCUT2D eigenvalue weighted by molar-refractivity contribution is 5.93. The van der Waals surface area contributed by atoms with Crippen LogP contribution in [0.4, 0.5) is 0 Å². The summed E-state index contributed by atoms with van der Waals surface area (Å²) in [5, 5.41) is 3.26. The molecule has 1 amide bonds. The smallest absolute Gasteiger partial charge is 0.270 e. The third kappa shape index (κ3) is 4.18. The number of benzene rings is 2. The van der Waals surface area contributed by atoms with Gasteiger partial charge in [0.05, 0.1) is 12.5 Å². The number of hydrogen-bond acceptors (Lipinski definition) is 2. The molecule has 2 aromatic carbocycles.